The second kappa shape index (κ2) is 6.37. The summed E-state index contributed by atoms with van der Waals surface area (Å²) in [7, 11) is -5.65. The van der Waals surface area contributed by atoms with E-state index in [1.54, 1.807) is 0 Å². The molecule has 138 valence electrons. The average Bonchev–Trinajstić information content (AvgIpc) is 2.84. The van der Waals surface area contributed by atoms with Crippen molar-refractivity contribution in [2.45, 2.75) is 47.9 Å². The van der Waals surface area contributed by atoms with Crippen LogP contribution in [0.25, 0.3) is 0 Å². The number of carbonyl (C=O) groups excluding carboxylic acids is 1. The summed E-state index contributed by atoms with van der Waals surface area (Å²) in [4.78, 5) is 11.6. The van der Waals surface area contributed by atoms with E-state index in [9.17, 15) is 21.6 Å². The summed E-state index contributed by atoms with van der Waals surface area (Å²) in [6, 6.07) is 5.05. The van der Waals surface area contributed by atoms with Crippen LogP contribution >= 0.6 is 0 Å². The number of hydrogen-bond acceptors (Lipinski definition) is 6. The van der Waals surface area contributed by atoms with E-state index in [1.807, 2.05) is 0 Å². The second-order valence-electron chi connectivity index (χ2n) is 6.66. The van der Waals surface area contributed by atoms with Gasteiger partial charge in [-0.05, 0) is 49.9 Å². The van der Waals surface area contributed by atoms with Gasteiger partial charge in [0.05, 0.1) is 22.8 Å². The molecule has 2 atom stereocenters. The van der Waals surface area contributed by atoms with Gasteiger partial charge in [0.15, 0.2) is 0 Å². The van der Waals surface area contributed by atoms with Crippen molar-refractivity contribution in [1.29, 1.82) is 0 Å². The Morgan fingerprint density at radius 2 is 1.56 bits per heavy atom. The third-order valence-electron chi connectivity index (χ3n) is 5.08. The fourth-order valence-electron chi connectivity index (χ4n) is 3.83. The van der Waals surface area contributed by atoms with Gasteiger partial charge in [0, 0.05) is 18.3 Å². The van der Waals surface area contributed by atoms with Gasteiger partial charge in [-0.15, -0.1) is 0 Å². The summed E-state index contributed by atoms with van der Waals surface area (Å²) in [5, 5.41) is -0.474. The van der Waals surface area contributed by atoms with Crippen LogP contribution in [0.5, 0.6) is 0 Å². The number of piperidine rings is 1. The molecule has 2 unspecified atom stereocenters. The lowest BCUT2D eigenvalue weighted by molar-refractivity contribution is 0.0600. The molecule has 0 spiro atoms. The number of sulfonamides is 1. The van der Waals surface area contributed by atoms with E-state index in [4.69, 9.17) is 0 Å². The maximum absolute atomic E-state index is 13.0. The summed E-state index contributed by atoms with van der Waals surface area (Å²) in [6.07, 6.45) is 3.25. The molecule has 25 heavy (non-hydrogen) atoms. The van der Waals surface area contributed by atoms with Crippen molar-refractivity contribution in [1.82, 2.24) is 4.31 Å². The van der Waals surface area contributed by atoms with E-state index >= 15 is 0 Å². The van der Waals surface area contributed by atoms with Crippen LogP contribution < -0.4 is 0 Å². The fourth-order valence-corrected chi connectivity index (χ4v) is 6.86. The van der Waals surface area contributed by atoms with E-state index in [-0.39, 0.29) is 22.5 Å². The summed E-state index contributed by atoms with van der Waals surface area (Å²) >= 11 is 0. The van der Waals surface area contributed by atoms with Gasteiger partial charge in [0.1, 0.15) is 9.84 Å². The Hall–Kier alpha value is -1.45. The predicted octanol–water partition coefficient (Wildman–Crippen LogP) is 1.20. The van der Waals surface area contributed by atoms with Crippen molar-refractivity contribution in [3.63, 3.8) is 0 Å². The molecule has 2 saturated heterocycles. The molecule has 7 nitrogen and oxygen atoms in total. The van der Waals surface area contributed by atoms with Crippen LogP contribution in [-0.4, -0.2) is 57.8 Å². The lowest BCUT2D eigenvalue weighted by Gasteiger charge is -2.37. The van der Waals surface area contributed by atoms with Crippen molar-refractivity contribution < 1.29 is 26.4 Å². The largest absolute Gasteiger partial charge is 0.465 e. The number of nitrogens with zero attached hydrogens (tertiary/aromatic N) is 1. The number of benzene rings is 1. The molecular weight excluding hydrogens is 366 g/mol. The zero-order chi connectivity index (χ0) is 18.4. The Morgan fingerprint density at radius 1 is 1.04 bits per heavy atom. The van der Waals surface area contributed by atoms with Gasteiger partial charge in [-0.2, -0.15) is 4.31 Å². The molecular formula is C16H21NO6S2. The topological polar surface area (TPSA) is 97.8 Å². The zero-order valence-electron chi connectivity index (χ0n) is 14.1. The Bertz CT molecular complexity index is 862. The van der Waals surface area contributed by atoms with E-state index < -0.39 is 31.1 Å². The number of sulfone groups is 1. The van der Waals surface area contributed by atoms with Crippen LogP contribution in [0.15, 0.2) is 29.2 Å². The number of rotatable bonds is 4. The van der Waals surface area contributed by atoms with Gasteiger partial charge >= 0.3 is 5.97 Å². The number of esters is 1. The Labute approximate surface area is 147 Å². The number of carbonyl (C=O) groups is 1. The highest BCUT2D eigenvalue weighted by atomic mass is 32.2. The van der Waals surface area contributed by atoms with Crippen LogP contribution in [0, 0.1) is 0 Å². The summed E-state index contributed by atoms with van der Waals surface area (Å²) < 4.78 is 55.8. The van der Waals surface area contributed by atoms with E-state index in [1.165, 1.54) is 41.9 Å². The molecule has 0 saturated carbocycles. The van der Waals surface area contributed by atoms with Crippen LogP contribution in [-0.2, 0) is 24.6 Å². The third-order valence-corrected chi connectivity index (χ3v) is 8.69. The minimum Gasteiger partial charge on any atom is -0.465 e. The summed E-state index contributed by atoms with van der Waals surface area (Å²) in [5.41, 5.74) is 0.278. The molecule has 2 heterocycles. The van der Waals surface area contributed by atoms with Crippen molar-refractivity contribution in [3.8, 4) is 0 Å². The third kappa shape index (κ3) is 3.32. The first-order chi connectivity index (χ1) is 11.6. The summed E-state index contributed by atoms with van der Waals surface area (Å²) in [5.74, 6) is -0.530. The number of hydrogen-bond donors (Lipinski definition) is 0. The Morgan fingerprint density at radius 3 is 2.00 bits per heavy atom. The van der Waals surface area contributed by atoms with E-state index in [0.717, 1.165) is 0 Å². The summed E-state index contributed by atoms with van der Waals surface area (Å²) in [6.45, 7) is 0. The molecule has 0 aromatic heterocycles. The maximum Gasteiger partial charge on any atom is 0.337 e. The van der Waals surface area contributed by atoms with Crippen molar-refractivity contribution in [2.24, 2.45) is 0 Å². The SMILES string of the molecule is COC(=O)c1ccc(S(=O)(=O)N2C3CCC2CC(S(C)(=O)=O)C3)cc1. The molecule has 3 rings (SSSR count). The first-order valence-electron chi connectivity index (χ1n) is 8.05. The molecule has 1 aromatic carbocycles. The molecule has 9 heteroatoms. The Kier molecular flexibility index (Phi) is 4.67. The van der Waals surface area contributed by atoms with Gasteiger partial charge in [0.25, 0.3) is 0 Å². The van der Waals surface area contributed by atoms with Gasteiger partial charge < -0.3 is 4.74 Å². The highest BCUT2D eigenvalue weighted by Crippen LogP contribution is 2.41. The van der Waals surface area contributed by atoms with Gasteiger partial charge in [-0.3, -0.25) is 0 Å². The maximum atomic E-state index is 13.0. The monoisotopic (exact) mass is 387 g/mol. The molecule has 0 N–H and O–H groups in total. The lowest BCUT2D eigenvalue weighted by Crippen LogP contribution is -2.49. The van der Waals surface area contributed by atoms with Crippen molar-refractivity contribution >= 4 is 25.8 Å². The first kappa shape index (κ1) is 18.3. The molecule has 1 aromatic rings. The van der Waals surface area contributed by atoms with Gasteiger partial charge in [-0.1, -0.05) is 0 Å². The number of ether oxygens (including phenoxy) is 1. The van der Waals surface area contributed by atoms with Gasteiger partial charge in [-0.25, -0.2) is 21.6 Å². The lowest BCUT2D eigenvalue weighted by atomic mass is 10.1. The van der Waals surface area contributed by atoms with Crippen LogP contribution in [0.3, 0.4) is 0 Å². The first-order valence-corrected chi connectivity index (χ1v) is 11.4. The molecule has 2 aliphatic rings. The van der Waals surface area contributed by atoms with Gasteiger partial charge in [0.2, 0.25) is 10.0 Å². The van der Waals surface area contributed by atoms with Crippen LogP contribution in [0.2, 0.25) is 0 Å². The van der Waals surface area contributed by atoms with E-state index in [2.05, 4.69) is 4.74 Å². The molecule has 0 radical (unpaired) electrons. The predicted molar refractivity (Wildman–Crippen MR) is 91.5 cm³/mol. The minimum absolute atomic E-state index is 0.106. The molecule has 0 amide bonds. The molecule has 2 aliphatic heterocycles. The molecule has 2 fully saturated rings. The second-order valence-corrected chi connectivity index (χ2v) is 10.8. The van der Waals surface area contributed by atoms with Crippen molar-refractivity contribution in [3.05, 3.63) is 29.8 Å². The molecule has 0 aliphatic carbocycles. The standard InChI is InChI=1S/C16H21NO6S2/c1-23-16(18)11-3-7-14(8-4-11)25(21,22)17-12-5-6-13(17)10-15(9-12)24(2,19)20/h3-4,7-8,12-13,15H,5-6,9-10H2,1-2H3. The zero-order valence-corrected chi connectivity index (χ0v) is 15.7. The highest BCUT2D eigenvalue weighted by molar-refractivity contribution is 7.91. The van der Waals surface area contributed by atoms with Crippen molar-refractivity contribution in [2.75, 3.05) is 13.4 Å². The van der Waals surface area contributed by atoms with Crippen LogP contribution in [0.4, 0.5) is 0 Å². The minimum atomic E-state index is -3.73. The smallest absolute Gasteiger partial charge is 0.337 e. The van der Waals surface area contributed by atoms with E-state index in [0.29, 0.717) is 25.7 Å². The Balaban J connectivity index is 1.88. The number of methoxy groups -OCH3 is 1. The molecule has 2 bridgehead atoms. The quantitative estimate of drug-likeness (QED) is 0.720. The normalized spacial score (nSPS) is 27.2. The number of fused-ring (bicyclic) bond motifs is 2. The highest BCUT2D eigenvalue weighted by Gasteiger charge is 2.49. The van der Waals surface area contributed by atoms with Crippen LogP contribution in [0.1, 0.15) is 36.0 Å². The fraction of sp³-hybridized carbons (Fsp3) is 0.562. The average molecular weight is 387 g/mol.